The lowest BCUT2D eigenvalue weighted by atomic mass is 10.0. The van der Waals surface area contributed by atoms with Crippen LogP contribution in [0.2, 0.25) is 0 Å². The van der Waals surface area contributed by atoms with Crippen molar-refractivity contribution in [1.29, 1.82) is 0 Å². The van der Waals surface area contributed by atoms with E-state index in [0.29, 0.717) is 22.4 Å². The molecule has 1 aromatic heterocycles. The van der Waals surface area contributed by atoms with Crippen LogP contribution in [0.15, 0.2) is 53.6 Å². The molecule has 0 bridgehead atoms. The molecular formula is C22H24N5O7PS. The van der Waals surface area contributed by atoms with Gasteiger partial charge in [0.15, 0.2) is 26.8 Å². The lowest BCUT2D eigenvalue weighted by Crippen LogP contribution is -2.17. The Bertz CT molecular complexity index is 1470. The van der Waals surface area contributed by atoms with Gasteiger partial charge in [0.05, 0.1) is 16.8 Å². The quantitative estimate of drug-likeness (QED) is 0.344. The van der Waals surface area contributed by atoms with E-state index in [1.54, 1.807) is 25.1 Å². The summed E-state index contributed by atoms with van der Waals surface area (Å²) in [7, 11) is -5.61. The van der Waals surface area contributed by atoms with Gasteiger partial charge in [-0.25, -0.2) is 18.4 Å². The van der Waals surface area contributed by atoms with Crippen molar-refractivity contribution in [3.8, 4) is 11.3 Å². The first-order valence-electron chi connectivity index (χ1n) is 10.3. The Balaban J connectivity index is 1.83. The largest absolute Gasteiger partial charge is 0.382 e. The first kappa shape index (κ1) is 27.0. The van der Waals surface area contributed by atoms with Gasteiger partial charge in [-0.15, -0.1) is 0 Å². The Hall–Kier alpha value is -3.64. The van der Waals surface area contributed by atoms with Crippen LogP contribution < -0.4 is 16.8 Å². The number of benzene rings is 2. The van der Waals surface area contributed by atoms with Crippen LogP contribution in [0.25, 0.3) is 11.3 Å². The average Bonchev–Trinajstić information content (AvgIpc) is 2.84. The first-order chi connectivity index (χ1) is 16.9. The molecule has 0 aliphatic heterocycles. The number of aromatic nitrogens is 2. The van der Waals surface area contributed by atoms with Crippen LogP contribution in [0.5, 0.6) is 0 Å². The maximum absolute atomic E-state index is 12.8. The van der Waals surface area contributed by atoms with Crippen molar-refractivity contribution >= 4 is 40.8 Å². The molecule has 0 atom stereocenters. The molecule has 0 saturated carbocycles. The maximum atomic E-state index is 12.8. The van der Waals surface area contributed by atoms with Gasteiger partial charge in [-0.3, -0.25) is 14.2 Å². The van der Waals surface area contributed by atoms with Crippen LogP contribution in [0.4, 0.5) is 11.5 Å². The molecule has 14 heteroatoms. The van der Waals surface area contributed by atoms with Crippen molar-refractivity contribution in [3.63, 3.8) is 0 Å². The Kier molecular flexibility index (Phi) is 7.89. The molecule has 36 heavy (non-hydrogen) atoms. The SMILES string of the molecule is COP(=O)(CS(=O)(=O)c1ccc(NC(=O)c2nc(-c3ccc(C)c(C(N)=O)c3)cnc2N)cc1)OC. The Morgan fingerprint density at radius 1 is 1.08 bits per heavy atom. The van der Waals surface area contributed by atoms with Crippen molar-refractivity contribution < 1.29 is 31.6 Å². The number of rotatable bonds is 9. The molecule has 0 unspecified atom stereocenters. The number of amides is 2. The van der Waals surface area contributed by atoms with Crippen molar-refractivity contribution in [3.05, 3.63) is 65.5 Å². The Morgan fingerprint density at radius 3 is 2.31 bits per heavy atom. The van der Waals surface area contributed by atoms with Gasteiger partial charge in [-0.1, -0.05) is 12.1 Å². The molecule has 0 spiro atoms. The summed E-state index contributed by atoms with van der Waals surface area (Å²) in [6.07, 6.45) is 1.36. The number of aryl methyl sites for hydroxylation is 1. The second kappa shape index (κ2) is 10.5. The minimum absolute atomic E-state index is 0.132. The molecule has 12 nitrogen and oxygen atoms in total. The number of nitrogen functional groups attached to an aromatic ring is 1. The van der Waals surface area contributed by atoms with Gasteiger partial charge in [-0.05, 0) is 42.8 Å². The van der Waals surface area contributed by atoms with E-state index in [2.05, 4.69) is 15.3 Å². The van der Waals surface area contributed by atoms with E-state index in [9.17, 15) is 22.6 Å². The van der Waals surface area contributed by atoms with E-state index in [4.69, 9.17) is 20.5 Å². The summed E-state index contributed by atoms with van der Waals surface area (Å²) in [6.45, 7) is 1.74. The maximum Gasteiger partial charge on any atom is 0.345 e. The predicted octanol–water partition coefficient (Wildman–Crippen LogP) is 2.60. The molecule has 0 saturated heterocycles. The molecule has 0 fully saturated rings. The topological polar surface area (TPSA) is 194 Å². The van der Waals surface area contributed by atoms with E-state index < -0.39 is 34.7 Å². The third kappa shape index (κ3) is 5.94. The number of primary amides is 1. The van der Waals surface area contributed by atoms with Gasteiger partial charge in [0, 0.05) is 31.0 Å². The zero-order valence-corrected chi connectivity index (χ0v) is 21.3. The summed E-state index contributed by atoms with van der Waals surface area (Å²) >= 11 is 0. The zero-order valence-electron chi connectivity index (χ0n) is 19.6. The molecule has 190 valence electrons. The van der Waals surface area contributed by atoms with Crippen molar-refractivity contribution in [2.45, 2.75) is 11.8 Å². The van der Waals surface area contributed by atoms with Crippen LogP contribution in [0.1, 0.15) is 26.4 Å². The second-order valence-electron chi connectivity index (χ2n) is 7.58. The summed E-state index contributed by atoms with van der Waals surface area (Å²) < 4.78 is 46.7. The number of sulfone groups is 1. The minimum Gasteiger partial charge on any atom is -0.382 e. The number of hydrogen-bond acceptors (Lipinski definition) is 10. The summed E-state index contributed by atoms with van der Waals surface area (Å²) in [5.74, 6) is -1.43. The molecule has 2 amide bonds. The monoisotopic (exact) mass is 533 g/mol. The zero-order chi connectivity index (χ0) is 26.7. The van der Waals surface area contributed by atoms with Crippen LogP contribution in [-0.2, 0) is 23.4 Å². The third-order valence-electron chi connectivity index (χ3n) is 5.17. The number of carbonyl (C=O) groups is 2. The lowest BCUT2D eigenvalue weighted by molar-refractivity contribution is 0.0996. The van der Waals surface area contributed by atoms with Crippen LogP contribution in [0, 0.1) is 6.92 Å². The predicted molar refractivity (Wildman–Crippen MR) is 133 cm³/mol. The van der Waals surface area contributed by atoms with E-state index in [1.807, 2.05) is 0 Å². The summed E-state index contributed by atoms with van der Waals surface area (Å²) in [5, 5.41) is 2.57. The number of carbonyl (C=O) groups excluding carboxylic acids is 2. The molecule has 0 aliphatic carbocycles. The van der Waals surface area contributed by atoms with Crippen LogP contribution in [-0.4, -0.2) is 49.9 Å². The second-order valence-corrected chi connectivity index (χ2v) is 12.3. The summed E-state index contributed by atoms with van der Waals surface area (Å²) in [5.41, 5.74) is 12.3. The highest BCUT2D eigenvalue weighted by atomic mass is 32.2. The first-order valence-corrected chi connectivity index (χ1v) is 13.6. The molecule has 5 N–H and O–H groups in total. The average molecular weight is 534 g/mol. The normalized spacial score (nSPS) is 11.8. The number of nitrogens with zero attached hydrogens (tertiary/aromatic N) is 2. The fourth-order valence-corrected chi connectivity index (χ4v) is 6.95. The van der Waals surface area contributed by atoms with Crippen molar-refractivity contribution in [1.82, 2.24) is 9.97 Å². The number of hydrogen-bond donors (Lipinski definition) is 3. The number of anilines is 2. The highest BCUT2D eigenvalue weighted by Gasteiger charge is 2.31. The molecule has 3 aromatic rings. The molecule has 2 aromatic carbocycles. The number of nitrogens with two attached hydrogens (primary N) is 2. The summed E-state index contributed by atoms with van der Waals surface area (Å²) in [4.78, 5) is 32.7. The smallest absolute Gasteiger partial charge is 0.345 e. The van der Waals surface area contributed by atoms with Crippen molar-refractivity contribution in [2.75, 3.05) is 30.8 Å². The van der Waals surface area contributed by atoms with Crippen LogP contribution in [0.3, 0.4) is 0 Å². The fourth-order valence-electron chi connectivity index (χ4n) is 3.15. The lowest BCUT2D eigenvalue weighted by Gasteiger charge is -2.14. The third-order valence-corrected chi connectivity index (χ3v) is 9.90. The highest BCUT2D eigenvalue weighted by molar-refractivity contribution is 7.97. The molecule has 1 heterocycles. The van der Waals surface area contributed by atoms with Crippen LogP contribution >= 0.6 is 7.60 Å². The Morgan fingerprint density at radius 2 is 1.72 bits per heavy atom. The van der Waals surface area contributed by atoms with E-state index in [-0.39, 0.29) is 22.1 Å². The van der Waals surface area contributed by atoms with E-state index in [0.717, 1.165) is 14.2 Å². The standard InChI is InChI=1S/C22H24N5O7PS/c1-13-4-5-14(10-17(13)21(24)28)18-11-25-20(23)19(27-18)22(29)26-15-6-8-16(9-7-15)36(31,32)12-35(30,33-2)34-3/h4-11H,12H2,1-3H3,(H2,23,25)(H2,24,28)(H,26,29). The van der Waals surface area contributed by atoms with Gasteiger partial charge < -0.3 is 25.8 Å². The Labute approximate surface area is 207 Å². The highest BCUT2D eigenvalue weighted by Crippen LogP contribution is 2.48. The molecule has 0 radical (unpaired) electrons. The van der Waals surface area contributed by atoms with E-state index >= 15 is 0 Å². The van der Waals surface area contributed by atoms with Gasteiger partial charge in [0.2, 0.25) is 5.91 Å². The van der Waals surface area contributed by atoms with Gasteiger partial charge >= 0.3 is 7.60 Å². The van der Waals surface area contributed by atoms with Gasteiger partial charge in [0.25, 0.3) is 5.91 Å². The summed E-state index contributed by atoms with van der Waals surface area (Å²) in [6, 6.07) is 10.1. The molecule has 3 rings (SSSR count). The molecular weight excluding hydrogens is 509 g/mol. The minimum atomic E-state index is -4.00. The molecule has 0 aliphatic rings. The van der Waals surface area contributed by atoms with E-state index in [1.165, 1.54) is 30.5 Å². The van der Waals surface area contributed by atoms with Gasteiger partial charge in [0.1, 0.15) is 0 Å². The number of nitrogens with one attached hydrogen (secondary N) is 1. The fraction of sp³-hybridized carbons (Fsp3) is 0.182. The van der Waals surface area contributed by atoms with Gasteiger partial charge in [-0.2, -0.15) is 0 Å². The van der Waals surface area contributed by atoms with Crippen molar-refractivity contribution in [2.24, 2.45) is 5.73 Å².